The van der Waals surface area contributed by atoms with Crippen molar-refractivity contribution in [2.75, 3.05) is 34.5 Å². The summed E-state index contributed by atoms with van der Waals surface area (Å²) in [5.74, 6) is 0. The summed E-state index contributed by atoms with van der Waals surface area (Å²) in [4.78, 5) is 0. The molecule has 0 heterocycles. The van der Waals surface area contributed by atoms with Crippen LogP contribution in [0.15, 0.2) is 0 Å². The molecule has 0 saturated carbocycles. The van der Waals surface area contributed by atoms with E-state index in [1.807, 2.05) is 0 Å². The highest BCUT2D eigenvalue weighted by Gasteiger charge is 2.47. The molecule has 21 heavy (non-hydrogen) atoms. The molecule has 0 bridgehead atoms. The van der Waals surface area contributed by atoms with Crippen LogP contribution in [-0.2, 0) is 23.7 Å². The molecule has 0 aliphatic heterocycles. The van der Waals surface area contributed by atoms with Crippen LogP contribution in [0.2, 0.25) is 0 Å². The standard InChI is InChI=1S/C10H16F6O5/c1-17-4-6(21-10(15,16)8(12)19-3)5-20-9(13,14)7(11)18-2/h6-8H,4-5H2,1-3H3. The van der Waals surface area contributed by atoms with Crippen molar-refractivity contribution in [2.45, 2.75) is 31.0 Å². The van der Waals surface area contributed by atoms with Crippen LogP contribution < -0.4 is 0 Å². The Morgan fingerprint density at radius 1 is 0.810 bits per heavy atom. The third-order valence-electron chi connectivity index (χ3n) is 2.08. The molecule has 0 spiro atoms. The maximum Gasteiger partial charge on any atom is 0.412 e. The van der Waals surface area contributed by atoms with Gasteiger partial charge in [0.05, 0.1) is 13.2 Å². The maximum atomic E-state index is 13.1. The number of rotatable bonds is 11. The van der Waals surface area contributed by atoms with E-state index in [4.69, 9.17) is 0 Å². The third-order valence-corrected chi connectivity index (χ3v) is 2.08. The van der Waals surface area contributed by atoms with Crippen molar-refractivity contribution in [1.29, 1.82) is 0 Å². The fourth-order valence-electron chi connectivity index (χ4n) is 1.12. The van der Waals surface area contributed by atoms with E-state index in [1.54, 1.807) is 0 Å². The molecule has 0 N–H and O–H groups in total. The van der Waals surface area contributed by atoms with Gasteiger partial charge in [-0.1, -0.05) is 0 Å². The molecule has 0 aliphatic carbocycles. The highest BCUT2D eigenvalue weighted by atomic mass is 19.3. The van der Waals surface area contributed by atoms with Gasteiger partial charge in [0.25, 0.3) is 12.7 Å². The van der Waals surface area contributed by atoms with Gasteiger partial charge < -0.3 is 23.7 Å². The van der Waals surface area contributed by atoms with Crippen molar-refractivity contribution in [2.24, 2.45) is 0 Å². The molecule has 0 saturated heterocycles. The molecule has 0 aromatic rings. The lowest BCUT2D eigenvalue weighted by atomic mass is 10.4. The molecule has 3 atom stereocenters. The van der Waals surface area contributed by atoms with Crippen molar-refractivity contribution in [3.05, 3.63) is 0 Å². The number of hydrogen-bond acceptors (Lipinski definition) is 5. The first kappa shape index (κ1) is 20.4. The molecule has 0 radical (unpaired) electrons. The monoisotopic (exact) mass is 330 g/mol. The van der Waals surface area contributed by atoms with Gasteiger partial charge in [0.1, 0.15) is 6.10 Å². The number of hydrogen-bond donors (Lipinski definition) is 0. The van der Waals surface area contributed by atoms with Crippen LogP contribution in [0.3, 0.4) is 0 Å². The van der Waals surface area contributed by atoms with Crippen LogP contribution in [-0.4, -0.2) is 65.6 Å². The first-order valence-corrected chi connectivity index (χ1v) is 5.50. The Bertz CT molecular complexity index is 293. The number of alkyl halides is 6. The van der Waals surface area contributed by atoms with E-state index in [2.05, 4.69) is 23.7 Å². The van der Waals surface area contributed by atoms with Crippen LogP contribution in [0.4, 0.5) is 26.3 Å². The molecular weight excluding hydrogens is 314 g/mol. The fourth-order valence-corrected chi connectivity index (χ4v) is 1.12. The maximum absolute atomic E-state index is 13.1. The summed E-state index contributed by atoms with van der Waals surface area (Å²) >= 11 is 0. The van der Waals surface area contributed by atoms with Crippen LogP contribution in [0, 0.1) is 0 Å². The van der Waals surface area contributed by atoms with E-state index < -0.39 is 44.3 Å². The summed E-state index contributed by atoms with van der Waals surface area (Å²) in [6, 6.07) is 0. The highest BCUT2D eigenvalue weighted by Crippen LogP contribution is 2.28. The summed E-state index contributed by atoms with van der Waals surface area (Å²) in [5, 5.41) is 0. The Labute approximate surface area is 117 Å². The van der Waals surface area contributed by atoms with Gasteiger partial charge in [-0.15, -0.1) is 0 Å². The minimum atomic E-state index is -4.42. The minimum Gasteiger partial charge on any atom is -0.382 e. The van der Waals surface area contributed by atoms with Crippen LogP contribution in [0.5, 0.6) is 0 Å². The van der Waals surface area contributed by atoms with Gasteiger partial charge >= 0.3 is 12.2 Å². The van der Waals surface area contributed by atoms with Crippen LogP contribution in [0.25, 0.3) is 0 Å². The van der Waals surface area contributed by atoms with E-state index in [1.165, 1.54) is 0 Å². The average molecular weight is 330 g/mol. The summed E-state index contributed by atoms with van der Waals surface area (Å²) in [5.41, 5.74) is 0. The van der Waals surface area contributed by atoms with Crippen LogP contribution >= 0.6 is 0 Å². The Morgan fingerprint density at radius 3 is 1.71 bits per heavy atom. The molecule has 0 amide bonds. The van der Waals surface area contributed by atoms with Gasteiger partial charge in [-0.05, 0) is 0 Å². The zero-order valence-electron chi connectivity index (χ0n) is 11.5. The van der Waals surface area contributed by atoms with E-state index in [0.29, 0.717) is 14.2 Å². The fraction of sp³-hybridized carbons (Fsp3) is 1.00. The lowest BCUT2D eigenvalue weighted by molar-refractivity contribution is -0.367. The molecular formula is C10H16F6O5. The minimum absolute atomic E-state index is 0.633. The zero-order chi connectivity index (χ0) is 16.7. The Balaban J connectivity index is 4.63. The van der Waals surface area contributed by atoms with E-state index >= 15 is 0 Å². The van der Waals surface area contributed by atoms with Crippen molar-refractivity contribution < 1.29 is 50.0 Å². The lowest BCUT2D eigenvalue weighted by Crippen LogP contribution is -2.44. The predicted molar refractivity (Wildman–Crippen MR) is 56.4 cm³/mol. The topological polar surface area (TPSA) is 46.2 Å². The van der Waals surface area contributed by atoms with Crippen molar-refractivity contribution in [3.63, 3.8) is 0 Å². The molecule has 0 fully saturated rings. The van der Waals surface area contributed by atoms with Crippen LogP contribution in [0.1, 0.15) is 0 Å². The molecule has 0 aromatic carbocycles. The predicted octanol–water partition coefficient (Wildman–Crippen LogP) is 2.10. The normalized spacial score (nSPS) is 17.6. The Morgan fingerprint density at radius 2 is 1.29 bits per heavy atom. The molecule has 0 aromatic heterocycles. The summed E-state index contributed by atoms with van der Waals surface area (Å²) in [6.45, 7) is -1.83. The smallest absolute Gasteiger partial charge is 0.382 e. The average Bonchev–Trinajstić information content (AvgIpc) is 2.42. The molecule has 128 valence electrons. The summed E-state index contributed by atoms with van der Waals surface area (Å²) in [7, 11) is 2.37. The van der Waals surface area contributed by atoms with E-state index in [-0.39, 0.29) is 0 Å². The summed E-state index contributed by atoms with van der Waals surface area (Å²) in [6.07, 6.45) is -16.8. The van der Waals surface area contributed by atoms with Gasteiger partial charge in [-0.3, -0.25) is 0 Å². The van der Waals surface area contributed by atoms with Gasteiger partial charge in [-0.25, -0.2) is 8.78 Å². The zero-order valence-corrected chi connectivity index (χ0v) is 11.5. The Kier molecular flexibility index (Phi) is 8.48. The molecule has 3 unspecified atom stereocenters. The van der Waals surface area contributed by atoms with Gasteiger partial charge in [0.15, 0.2) is 0 Å². The molecule has 0 aliphatic rings. The van der Waals surface area contributed by atoms with E-state index in [9.17, 15) is 26.3 Å². The number of ether oxygens (including phenoxy) is 5. The SMILES string of the molecule is COCC(COC(F)(F)C(F)OC)OC(F)(F)C(F)OC. The first-order chi connectivity index (χ1) is 9.60. The van der Waals surface area contributed by atoms with Gasteiger partial charge in [-0.2, -0.15) is 17.6 Å². The second-order valence-corrected chi connectivity index (χ2v) is 3.73. The first-order valence-electron chi connectivity index (χ1n) is 5.50. The van der Waals surface area contributed by atoms with E-state index in [0.717, 1.165) is 7.11 Å². The van der Waals surface area contributed by atoms with Crippen molar-refractivity contribution in [3.8, 4) is 0 Å². The molecule has 0 rings (SSSR count). The van der Waals surface area contributed by atoms with Crippen molar-refractivity contribution in [1.82, 2.24) is 0 Å². The number of halogens is 6. The summed E-state index contributed by atoms with van der Waals surface area (Å²) < 4.78 is 97.3. The molecule has 11 heteroatoms. The molecule has 5 nitrogen and oxygen atoms in total. The largest absolute Gasteiger partial charge is 0.412 e. The van der Waals surface area contributed by atoms with Gasteiger partial charge in [0, 0.05) is 21.3 Å². The number of methoxy groups -OCH3 is 3. The highest BCUT2D eigenvalue weighted by molar-refractivity contribution is 4.66. The van der Waals surface area contributed by atoms with Crippen molar-refractivity contribution >= 4 is 0 Å². The quantitative estimate of drug-likeness (QED) is 0.543. The lowest BCUT2D eigenvalue weighted by Gasteiger charge is -2.27. The Hall–Kier alpha value is -0.620. The second kappa shape index (κ2) is 8.73. The second-order valence-electron chi connectivity index (χ2n) is 3.73. The van der Waals surface area contributed by atoms with Gasteiger partial charge in [0.2, 0.25) is 0 Å². The third kappa shape index (κ3) is 6.78.